The van der Waals surface area contributed by atoms with E-state index < -0.39 is 41.4 Å². The summed E-state index contributed by atoms with van der Waals surface area (Å²) in [6.07, 6.45) is -0.815. The van der Waals surface area contributed by atoms with Crippen molar-refractivity contribution in [1.29, 1.82) is 0 Å². The van der Waals surface area contributed by atoms with Crippen LogP contribution in [0.25, 0.3) is 0 Å². The maximum absolute atomic E-state index is 12.6. The molecule has 8 heteroatoms. The van der Waals surface area contributed by atoms with Crippen LogP contribution in [0.5, 0.6) is 0 Å². The summed E-state index contributed by atoms with van der Waals surface area (Å²) in [5.74, 6) is -2.97. The topological polar surface area (TPSA) is 108 Å². The molecule has 0 saturated heterocycles. The summed E-state index contributed by atoms with van der Waals surface area (Å²) in [5, 5.41) is 2.56. The Labute approximate surface area is 170 Å². The normalized spacial score (nSPS) is 12.1. The van der Waals surface area contributed by atoms with E-state index in [0.717, 1.165) is 0 Å². The van der Waals surface area contributed by atoms with Crippen molar-refractivity contribution in [3.05, 3.63) is 35.9 Å². The first-order valence-electron chi connectivity index (χ1n) is 9.56. The molecule has 0 saturated carbocycles. The molecule has 29 heavy (non-hydrogen) atoms. The predicted molar refractivity (Wildman–Crippen MR) is 105 cm³/mol. The van der Waals surface area contributed by atoms with Crippen LogP contribution in [0.1, 0.15) is 51.4 Å². The van der Waals surface area contributed by atoms with E-state index >= 15 is 0 Å². The number of hydrogen-bond acceptors (Lipinski definition) is 7. The first-order chi connectivity index (χ1) is 13.7. The maximum Gasteiger partial charge on any atom is 0.328 e. The molecule has 1 unspecified atom stereocenters. The molecule has 1 aromatic rings. The van der Waals surface area contributed by atoms with Gasteiger partial charge in [0.25, 0.3) is 5.91 Å². The van der Waals surface area contributed by atoms with Crippen molar-refractivity contribution in [2.75, 3.05) is 13.2 Å². The summed E-state index contributed by atoms with van der Waals surface area (Å²) in [7, 11) is 0. The van der Waals surface area contributed by atoms with Crippen LogP contribution in [0.15, 0.2) is 30.3 Å². The van der Waals surface area contributed by atoms with Crippen LogP contribution in [0.3, 0.4) is 0 Å². The van der Waals surface area contributed by atoms with Crippen LogP contribution in [-0.2, 0) is 28.6 Å². The zero-order valence-electron chi connectivity index (χ0n) is 17.5. The molecular formula is C21H29NO7. The summed E-state index contributed by atoms with van der Waals surface area (Å²) in [6, 6.07) is 7.01. The van der Waals surface area contributed by atoms with Gasteiger partial charge in [0.05, 0.1) is 19.3 Å². The molecule has 1 atom stereocenters. The second kappa shape index (κ2) is 11.2. The second-order valence-electron chi connectivity index (χ2n) is 6.85. The van der Waals surface area contributed by atoms with E-state index in [0.29, 0.717) is 5.56 Å². The highest BCUT2D eigenvalue weighted by Crippen LogP contribution is 2.28. The lowest BCUT2D eigenvalue weighted by molar-refractivity contribution is -0.172. The average molecular weight is 407 g/mol. The molecule has 0 spiro atoms. The lowest BCUT2D eigenvalue weighted by Crippen LogP contribution is -2.50. The standard InChI is InChI=1S/C21H29NO7/c1-6-27-19(25)21(5,20(26)28-7-2)13-16(18(24)29-14(3)4)22-17(23)15-11-9-8-10-12-15/h8-12,14,16H,6-7,13H2,1-5H3,(H,22,23). The van der Waals surface area contributed by atoms with E-state index in [1.807, 2.05) is 0 Å². The van der Waals surface area contributed by atoms with E-state index in [4.69, 9.17) is 14.2 Å². The fourth-order valence-electron chi connectivity index (χ4n) is 2.58. The van der Waals surface area contributed by atoms with E-state index in [9.17, 15) is 19.2 Å². The Morgan fingerprint density at radius 3 is 1.93 bits per heavy atom. The van der Waals surface area contributed by atoms with Gasteiger partial charge in [-0.25, -0.2) is 4.79 Å². The van der Waals surface area contributed by atoms with Crippen molar-refractivity contribution < 1.29 is 33.4 Å². The van der Waals surface area contributed by atoms with E-state index in [2.05, 4.69) is 5.32 Å². The fraction of sp³-hybridized carbons (Fsp3) is 0.524. The van der Waals surface area contributed by atoms with Crippen molar-refractivity contribution in [2.45, 2.75) is 53.2 Å². The van der Waals surface area contributed by atoms with Gasteiger partial charge in [0.2, 0.25) is 0 Å². The molecule has 1 aromatic carbocycles. The van der Waals surface area contributed by atoms with Crippen molar-refractivity contribution in [3.8, 4) is 0 Å². The molecule has 0 aliphatic heterocycles. The van der Waals surface area contributed by atoms with Crippen molar-refractivity contribution in [2.24, 2.45) is 5.41 Å². The number of rotatable bonds is 10. The van der Waals surface area contributed by atoms with Gasteiger partial charge in [0.15, 0.2) is 5.41 Å². The lowest BCUT2D eigenvalue weighted by atomic mass is 9.83. The first-order valence-corrected chi connectivity index (χ1v) is 9.56. The summed E-state index contributed by atoms with van der Waals surface area (Å²) in [4.78, 5) is 50.2. The third kappa shape index (κ3) is 6.89. The number of amides is 1. The summed E-state index contributed by atoms with van der Waals surface area (Å²) < 4.78 is 15.3. The molecule has 8 nitrogen and oxygen atoms in total. The van der Waals surface area contributed by atoms with Crippen molar-refractivity contribution in [1.82, 2.24) is 5.32 Å². The SMILES string of the molecule is CCOC(=O)C(C)(CC(NC(=O)c1ccccc1)C(=O)OC(C)C)C(=O)OCC. The second-order valence-corrected chi connectivity index (χ2v) is 6.85. The Hall–Kier alpha value is -2.90. The molecular weight excluding hydrogens is 378 g/mol. The minimum atomic E-state index is -1.79. The monoisotopic (exact) mass is 407 g/mol. The van der Waals surface area contributed by atoms with Crippen LogP contribution < -0.4 is 5.32 Å². The van der Waals surface area contributed by atoms with Gasteiger partial charge >= 0.3 is 17.9 Å². The Kier molecular flexibility index (Phi) is 9.31. The lowest BCUT2D eigenvalue weighted by Gasteiger charge is -2.29. The van der Waals surface area contributed by atoms with Gasteiger partial charge in [0, 0.05) is 12.0 Å². The smallest absolute Gasteiger partial charge is 0.328 e. The van der Waals surface area contributed by atoms with Crippen LogP contribution in [0.4, 0.5) is 0 Å². The highest BCUT2D eigenvalue weighted by Gasteiger charge is 2.48. The van der Waals surface area contributed by atoms with Gasteiger partial charge in [-0.15, -0.1) is 0 Å². The van der Waals surface area contributed by atoms with E-state index in [-0.39, 0.29) is 19.6 Å². The number of carbonyl (C=O) groups excluding carboxylic acids is 4. The summed E-state index contributed by atoms with van der Waals surface area (Å²) >= 11 is 0. The van der Waals surface area contributed by atoms with Crippen molar-refractivity contribution >= 4 is 23.8 Å². The molecule has 0 radical (unpaired) electrons. The van der Waals surface area contributed by atoms with Crippen LogP contribution in [0.2, 0.25) is 0 Å². The largest absolute Gasteiger partial charge is 0.465 e. The first kappa shape index (κ1) is 24.1. The van der Waals surface area contributed by atoms with Crippen molar-refractivity contribution in [3.63, 3.8) is 0 Å². The van der Waals surface area contributed by atoms with Crippen LogP contribution in [-0.4, -0.2) is 49.2 Å². The molecule has 160 valence electrons. The molecule has 0 bridgehead atoms. The molecule has 0 aliphatic carbocycles. The third-order valence-electron chi connectivity index (χ3n) is 4.04. The molecule has 0 aliphatic rings. The minimum Gasteiger partial charge on any atom is -0.465 e. The van der Waals surface area contributed by atoms with E-state index in [1.54, 1.807) is 58.0 Å². The Morgan fingerprint density at radius 2 is 1.48 bits per heavy atom. The number of hydrogen-bond donors (Lipinski definition) is 1. The highest BCUT2D eigenvalue weighted by atomic mass is 16.6. The number of nitrogens with one attached hydrogen (secondary N) is 1. The quantitative estimate of drug-likeness (QED) is 0.360. The minimum absolute atomic E-state index is 0.0469. The maximum atomic E-state index is 12.6. The zero-order chi connectivity index (χ0) is 22.0. The summed E-state index contributed by atoms with van der Waals surface area (Å²) in [5.41, 5.74) is -1.47. The highest BCUT2D eigenvalue weighted by molar-refractivity contribution is 6.01. The predicted octanol–water partition coefficient (Wildman–Crippen LogP) is 2.26. The summed E-state index contributed by atoms with van der Waals surface area (Å²) in [6.45, 7) is 7.94. The van der Waals surface area contributed by atoms with Gasteiger partial charge in [-0.1, -0.05) is 18.2 Å². The van der Waals surface area contributed by atoms with Gasteiger partial charge in [-0.05, 0) is 46.8 Å². The Morgan fingerprint density at radius 1 is 0.966 bits per heavy atom. The molecule has 0 fully saturated rings. The Balaban J connectivity index is 3.20. The number of esters is 3. The molecule has 1 N–H and O–H groups in total. The fourth-order valence-corrected chi connectivity index (χ4v) is 2.58. The zero-order valence-corrected chi connectivity index (χ0v) is 17.5. The van der Waals surface area contributed by atoms with Gasteiger partial charge in [-0.2, -0.15) is 0 Å². The van der Waals surface area contributed by atoms with Gasteiger partial charge < -0.3 is 19.5 Å². The van der Waals surface area contributed by atoms with Gasteiger partial charge in [0.1, 0.15) is 6.04 Å². The molecule has 1 amide bonds. The average Bonchev–Trinajstić information content (AvgIpc) is 2.67. The van der Waals surface area contributed by atoms with Gasteiger partial charge in [-0.3, -0.25) is 14.4 Å². The number of carbonyl (C=O) groups is 4. The van der Waals surface area contributed by atoms with Crippen LogP contribution in [0, 0.1) is 5.41 Å². The molecule has 0 aromatic heterocycles. The number of benzene rings is 1. The third-order valence-corrected chi connectivity index (χ3v) is 4.04. The molecule has 0 heterocycles. The van der Waals surface area contributed by atoms with E-state index in [1.165, 1.54) is 6.92 Å². The Bertz CT molecular complexity index is 697. The number of ether oxygens (including phenoxy) is 3. The molecule has 1 rings (SSSR count). The van der Waals surface area contributed by atoms with Crippen LogP contribution >= 0.6 is 0 Å².